The lowest BCUT2D eigenvalue weighted by atomic mass is 10.1. The molecule has 0 spiro atoms. The zero-order valence-electron chi connectivity index (χ0n) is 9.61. The average Bonchev–Trinajstić information content (AvgIpc) is 2.70. The second-order valence-corrected chi connectivity index (χ2v) is 4.14. The number of furan rings is 1. The zero-order valence-corrected chi connectivity index (χ0v) is 9.61. The minimum Gasteiger partial charge on any atom is -0.469 e. The van der Waals surface area contributed by atoms with Gasteiger partial charge in [0, 0.05) is 6.42 Å². The van der Waals surface area contributed by atoms with Crippen LogP contribution >= 0.6 is 0 Å². The molecule has 0 aromatic carbocycles. The predicted octanol–water partition coefficient (Wildman–Crippen LogP) is 3.54. The summed E-state index contributed by atoms with van der Waals surface area (Å²) in [6.45, 7) is 2.21. The summed E-state index contributed by atoms with van der Waals surface area (Å²) in [5, 5.41) is 9.72. The molecular weight excluding hydrogens is 188 g/mol. The minimum atomic E-state index is -0.238. The number of unbranched alkanes of at least 4 members (excludes halogenated alkanes) is 4. The van der Waals surface area contributed by atoms with Crippen molar-refractivity contribution < 1.29 is 9.52 Å². The molecule has 1 N–H and O–H groups in total. The van der Waals surface area contributed by atoms with Crippen LogP contribution in [-0.2, 0) is 6.42 Å². The summed E-state index contributed by atoms with van der Waals surface area (Å²) >= 11 is 0. The van der Waals surface area contributed by atoms with Crippen molar-refractivity contribution in [3.63, 3.8) is 0 Å². The highest BCUT2D eigenvalue weighted by Crippen LogP contribution is 2.11. The predicted molar refractivity (Wildman–Crippen MR) is 61.8 cm³/mol. The highest BCUT2D eigenvalue weighted by molar-refractivity contribution is 4.99. The van der Waals surface area contributed by atoms with Gasteiger partial charge in [0.1, 0.15) is 5.76 Å². The molecule has 1 heterocycles. The van der Waals surface area contributed by atoms with Crippen LogP contribution < -0.4 is 0 Å². The molecule has 0 fully saturated rings. The molecule has 1 atom stereocenters. The van der Waals surface area contributed by atoms with E-state index in [0.717, 1.165) is 18.6 Å². The molecule has 0 aliphatic heterocycles. The molecule has 2 nitrogen and oxygen atoms in total. The van der Waals surface area contributed by atoms with E-state index in [2.05, 4.69) is 6.92 Å². The largest absolute Gasteiger partial charge is 0.469 e. The lowest BCUT2D eigenvalue weighted by Crippen LogP contribution is -2.09. The Labute approximate surface area is 92.3 Å². The summed E-state index contributed by atoms with van der Waals surface area (Å²) in [7, 11) is 0. The van der Waals surface area contributed by atoms with Crippen molar-refractivity contribution in [2.75, 3.05) is 0 Å². The molecule has 0 aliphatic carbocycles. The fourth-order valence-corrected chi connectivity index (χ4v) is 1.75. The average molecular weight is 210 g/mol. The van der Waals surface area contributed by atoms with E-state index in [1.165, 1.54) is 25.7 Å². The van der Waals surface area contributed by atoms with Gasteiger partial charge in [-0.15, -0.1) is 0 Å². The number of rotatable bonds is 8. The van der Waals surface area contributed by atoms with Crippen LogP contribution in [-0.4, -0.2) is 11.2 Å². The fraction of sp³-hybridized carbons (Fsp3) is 0.692. The molecule has 86 valence electrons. The van der Waals surface area contributed by atoms with Crippen LogP contribution in [0.1, 0.15) is 51.2 Å². The van der Waals surface area contributed by atoms with Crippen molar-refractivity contribution in [2.24, 2.45) is 0 Å². The molecular formula is C13H22O2. The van der Waals surface area contributed by atoms with Gasteiger partial charge in [0.2, 0.25) is 0 Å². The summed E-state index contributed by atoms with van der Waals surface area (Å²) in [4.78, 5) is 0. The molecule has 0 bridgehead atoms. The Kier molecular flexibility index (Phi) is 6.17. The molecule has 1 aromatic rings. The first kappa shape index (κ1) is 12.3. The first-order valence-corrected chi connectivity index (χ1v) is 6.03. The number of hydrogen-bond acceptors (Lipinski definition) is 2. The van der Waals surface area contributed by atoms with E-state index < -0.39 is 0 Å². The summed E-state index contributed by atoms with van der Waals surface area (Å²) < 4.78 is 5.19. The molecule has 1 rings (SSSR count). The quantitative estimate of drug-likeness (QED) is 0.666. The maximum atomic E-state index is 9.72. The van der Waals surface area contributed by atoms with Gasteiger partial charge in [-0.05, 0) is 18.6 Å². The maximum Gasteiger partial charge on any atom is 0.106 e. The van der Waals surface area contributed by atoms with E-state index in [1.807, 2.05) is 12.1 Å². The van der Waals surface area contributed by atoms with Crippen LogP contribution in [0.2, 0.25) is 0 Å². The summed E-state index contributed by atoms with van der Waals surface area (Å²) in [5.41, 5.74) is 0. The van der Waals surface area contributed by atoms with Crippen LogP contribution in [0.25, 0.3) is 0 Å². The van der Waals surface area contributed by atoms with Gasteiger partial charge in [-0.2, -0.15) is 0 Å². The summed E-state index contributed by atoms with van der Waals surface area (Å²) in [6.07, 6.45) is 9.21. The Morgan fingerprint density at radius 2 is 2.07 bits per heavy atom. The van der Waals surface area contributed by atoms with E-state index in [4.69, 9.17) is 4.42 Å². The molecule has 2 heteroatoms. The molecule has 15 heavy (non-hydrogen) atoms. The van der Waals surface area contributed by atoms with Gasteiger partial charge in [-0.1, -0.05) is 39.0 Å². The molecule has 0 saturated carbocycles. The first-order chi connectivity index (χ1) is 7.33. The Morgan fingerprint density at radius 3 is 2.73 bits per heavy atom. The van der Waals surface area contributed by atoms with Crippen molar-refractivity contribution in [2.45, 2.75) is 58.0 Å². The van der Waals surface area contributed by atoms with Crippen LogP contribution in [0.4, 0.5) is 0 Å². The molecule has 1 aromatic heterocycles. The Morgan fingerprint density at radius 1 is 1.27 bits per heavy atom. The first-order valence-electron chi connectivity index (χ1n) is 6.03. The number of hydrogen-bond donors (Lipinski definition) is 1. The third-order valence-corrected chi connectivity index (χ3v) is 2.66. The van der Waals surface area contributed by atoms with E-state index in [-0.39, 0.29) is 6.10 Å². The highest BCUT2D eigenvalue weighted by Gasteiger charge is 2.06. The number of aliphatic hydroxyl groups is 1. The lowest BCUT2D eigenvalue weighted by Gasteiger charge is -2.08. The zero-order chi connectivity index (χ0) is 10.9. The van der Waals surface area contributed by atoms with Crippen molar-refractivity contribution in [3.8, 4) is 0 Å². The lowest BCUT2D eigenvalue weighted by molar-refractivity contribution is 0.154. The van der Waals surface area contributed by atoms with E-state index >= 15 is 0 Å². The summed E-state index contributed by atoms with van der Waals surface area (Å²) in [5.74, 6) is 0.885. The van der Waals surface area contributed by atoms with Gasteiger partial charge >= 0.3 is 0 Å². The van der Waals surface area contributed by atoms with Gasteiger partial charge in [0.15, 0.2) is 0 Å². The van der Waals surface area contributed by atoms with Crippen molar-refractivity contribution in [1.82, 2.24) is 0 Å². The topological polar surface area (TPSA) is 33.4 Å². The molecule has 0 radical (unpaired) electrons. The molecule has 0 aliphatic rings. The SMILES string of the molecule is CCCCCCCC(O)Cc1ccco1. The maximum absolute atomic E-state index is 9.72. The number of aliphatic hydroxyl groups excluding tert-OH is 1. The van der Waals surface area contributed by atoms with E-state index in [1.54, 1.807) is 6.26 Å². The van der Waals surface area contributed by atoms with Gasteiger partial charge in [-0.3, -0.25) is 0 Å². The van der Waals surface area contributed by atoms with Crippen molar-refractivity contribution >= 4 is 0 Å². The fourth-order valence-electron chi connectivity index (χ4n) is 1.75. The van der Waals surface area contributed by atoms with Gasteiger partial charge < -0.3 is 9.52 Å². The third-order valence-electron chi connectivity index (χ3n) is 2.66. The molecule has 0 saturated heterocycles. The van der Waals surface area contributed by atoms with Crippen LogP contribution in [0, 0.1) is 0 Å². The van der Waals surface area contributed by atoms with Gasteiger partial charge in [0.25, 0.3) is 0 Å². The minimum absolute atomic E-state index is 0.238. The Balaban J connectivity index is 2.01. The normalized spacial score (nSPS) is 12.9. The van der Waals surface area contributed by atoms with Crippen LogP contribution in [0.15, 0.2) is 22.8 Å². The highest BCUT2D eigenvalue weighted by atomic mass is 16.3. The molecule has 1 unspecified atom stereocenters. The smallest absolute Gasteiger partial charge is 0.106 e. The standard InChI is InChI=1S/C13H22O2/c1-2-3-4-5-6-8-12(14)11-13-9-7-10-15-13/h7,9-10,12,14H,2-6,8,11H2,1H3. The third kappa shape index (κ3) is 5.63. The van der Waals surface area contributed by atoms with Crippen molar-refractivity contribution in [1.29, 1.82) is 0 Å². The second kappa shape index (κ2) is 7.52. The Bertz CT molecular complexity index is 229. The van der Waals surface area contributed by atoms with Crippen LogP contribution in [0.5, 0.6) is 0 Å². The van der Waals surface area contributed by atoms with Crippen molar-refractivity contribution in [3.05, 3.63) is 24.2 Å². The van der Waals surface area contributed by atoms with Crippen LogP contribution in [0.3, 0.4) is 0 Å². The van der Waals surface area contributed by atoms with Gasteiger partial charge in [0.05, 0.1) is 12.4 Å². The monoisotopic (exact) mass is 210 g/mol. The second-order valence-electron chi connectivity index (χ2n) is 4.14. The Hall–Kier alpha value is -0.760. The van der Waals surface area contributed by atoms with E-state index in [9.17, 15) is 5.11 Å². The van der Waals surface area contributed by atoms with Gasteiger partial charge in [-0.25, -0.2) is 0 Å². The molecule has 0 amide bonds. The van der Waals surface area contributed by atoms with E-state index in [0.29, 0.717) is 6.42 Å². The summed E-state index contributed by atoms with van der Waals surface area (Å²) in [6, 6.07) is 3.78.